The van der Waals surface area contributed by atoms with Gasteiger partial charge in [0.2, 0.25) is 16.2 Å². The topological polar surface area (TPSA) is 85.8 Å². The van der Waals surface area contributed by atoms with Crippen molar-refractivity contribution < 1.29 is 4.79 Å². The summed E-state index contributed by atoms with van der Waals surface area (Å²) < 4.78 is 1.45. The number of amides is 1. The molecule has 0 unspecified atom stereocenters. The minimum atomic E-state index is -0.330. The van der Waals surface area contributed by atoms with E-state index in [9.17, 15) is 4.79 Å². The smallest absolute Gasteiger partial charge is 0.233 e. The minimum absolute atomic E-state index is 0.0629. The molecule has 8 heteroatoms. The highest BCUT2D eigenvalue weighted by atomic mass is 32.2. The summed E-state index contributed by atoms with van der Waals surface area (Å²) in [5, 5.41) is 12.0. The van der Waals surface area contributed by atoms with Gasteiger partial charge in [0.15, 0.2) is 0 Å². The van der Waals surface area contributed by atoms with Crippen LogP contribution in [0.15, 0.2) is 64.9 Å². The normalized spacial score (nSPS) is 11.9. The third kappa shape index (κ3) is 5.53. The molecule has 0 aliphatic heterocycles. The van der Waals surface area contributed by atoms with Crippen LogP contribution in [0.2, 0.25) is 0 Å². The van der Waals surface area contributed by atoms with Crippen LogP contribution in [-0.4, -0.2) is 26.0 Å². The van der Waals surface area contributed by atoms with Crippen molar-refractivity contribution >= 4 is 29.4 Å². The van der Waals surface area contributed by atoms with Crippen molar-refractivity contribution in [1.82, 2.24) is 20.2 Å². The van der Waals surface area contributed by atoms with Gasteiger partial charge in [0.25, 0.3) is 0 Å². The predicted molar refractivity (Wildman–Crippen MR) is 115 cm³/mol. The Kier molecular flexibility index (Phi) is 7.00. The summed E-state index contributed by atoms with van der Waals surface area (Å²) in [5.74, 6) is 6.81. The lowest BCUT2D eigenvalue weighted by molar-refractivity contribution is -0.120. The molecule has 1 amide bonds. The van der Waals surface area contributed by atoms with Crippen LogP contribution in [0, 0.1) is 6.92 Å². The number of aryl methyl sites for hydroxylation is 1. The van der Waals surface area contributed by atoms with Crippen molar-refractivity contribution in [3.05, 3.63) is 71.3 Å². The molecule has 1 heterocycles. The van der Waals surface area contributed by atoms with Gasteiger partial charge in [-0.05, 0) is 25.0 Å². The fraction of sp³-hybridized carbons (Fsp3) is 0.250. The Balaban J connectivity index is 1.52. The van der Waals surface area contributed by atoms with Gasteiger partial charge in [-0.2, -0.15) is 0 Å². The van der Waals surface area contributed by atoms with Crippen LogP contribution in [0.4, 0.5) is 0 Å². The first-order valence-corrected chi connectivity index (χ1v) is 10.8. The molecule has 3 rings (SSSR count). The van der Waals surface area contributed by atoms with E-state index in [1.807, 2.05) is 56.3 Å². The van der Waals surface area contributed by atoms with Crippen molar-refractivity contribution in [2.45, 2.75) is 41.7 Å². The van der Waals surface area contributed by atoms with Gasteiger partial charge >= 0.3 is 0 Å². The molecule has 3 N–H and O–H groups in total. The summed E-state index contributed by atoms with van der Waals surface area (Å²) in [6.07, 6.45) is 0. The molecule has 1 atom stereocenters. The lowest BCUT2D eigenvalue weighted by Gasteiger charge is -2.11. The highest BCUT2D eigenvalue weighted by molar-refractivity contribution is 8.00. The van der Waals surface area contributed by atoms with Crippen molar-refractivity contribution in [1.29, 1.82) is 0 Å². The van der Waals surface area contributed by atoms with E-state index >= 15 is 0 Å². The summed E-state index contributed by atoms with van der Waals surface area (Å²) in [7, 11) is 0. The average Bonchev–Trinajstić information content (AvgIpc) is 3.06. The molecule has 3 aromatic rings. The molecule has 1 aromatic heterocycles. The van der Waals surface area contributed by atoms with Gasteiger partial charge in [-0.1, -0.05) is 83.7 Å². The van der Waals surface area contributed by atoms with E-state index in [0.29, 0.717) is 16.9 Å². The maximum Gasteiger partial charge on any atom is 0.233 e. The second-order valence-electron chi connectivity index (χ2n) is 6.37. The second kappa shape index (κ2) is 9.66. The quantitative estimate of drug-likeness (QED) is 0.435. The molecule has 0 bridgehead atoms. The molecular weight excluding hydrogens is 390 g/mol. The third-order valence-corrected chi connectivity index (χ3v) is 6.15. The molecule has 0 spiro atoms. The van der Waals surface area contributed by atoms with Gasteiger partial charge in [-0.3, -0.25) is 4.79 Å². The van der Waals surface area contributed by atoms with E-state index in [-0.39, 0.29) is 11.2 Å². The molecule has 0 aliphatic carbocycles. The number of nitrogens with zero attached hydrogens (tertiary/aromatic N) is 3. The van der Waals surface area contributed by atoms with E-state index in [4.69, 9.17) is 5.84 Å². The number of rotatable bonds is 8. The standard InChI is InChI=1S/C20H23N5OS2/c1-14-8-10-16(11-9-14)12-22-18(26)15(2)28-20-24-23-19(25(20)21)27-13-17-6-4-3-5-7-17/h3-11,15H,12-13,21H2,1-2H3,(H,22,26)/t15-/m1/s1. The second-order valence-corrected chi connectivity index (χ2v) is 8.62. The Labute approximate surface area is 173 Å². The highest BCUT2D eigenvalue weighted by Gasteiger charge is 2.19. The number of thioether (sulfide) groups is 2. The van der Waals surface area contributed by atoms with Gasteiger partial charge in [-0.25, -0.2) is 4.68 Å². The van der Waals surface area contributed by atoms with E-state index in [1.54, 1.807) is 0 Å². The molecule has 146 valence electrons. The van der Waals surface area contributed by atoms with Gasteiger partial charge in [0.05, 0.1) is 5.25 Å². The van der Waals surface area contributed by atoms with Crippen LogP contribution in [0.3, 0.4) is 0 Å². The first-order valence-electron chi connectivity index (χ1n) is 8.90. The molecule has 0 fully saturated rings. The Bertz CT molecular complexity index is 912. The number of nitrogen functional groups attached to an aromatic ring is 1. The van der Waals surface area contributed by atoms with Crippen LogP contribution >= 0.6 is 23.5 Å². The van der Waals surface area contributed by atoms with Crippen LogP contribution < -0.4 is 11.2 Å². The van der Waals surface area contributed by atoms with Gasteiger partial charge in [0, 0.05) is 12.3 Å². The third-order valence-electron chi connectivity index (χ3n) is 4.08. The number of carbonyl (C=O) groups is 1. The Hall–Kier alpha value is -2.45. The summed E-state index contributed by atoms with van der Waals surface area (Å²) in [5.41, 5.74) is 3.45. The SMILES string of the molecule is Cc1ccc(CNC(=O)[C@@H](C)Sc2nnc(SCc3ccccc3)n2N)cc1. The molecule has 2 aromatic carbocycles. The first-order chi connectivity index (χ1) is 13.5. The number of benzene rings is 2. The number of nitrogens with one attached hydrogen (secondary N) is 1. The van der Waals surface area contributed by atoms with Crippen molar-refractivity contribution in [3.63, 3.8) is 0 Å². The molecule has 0 saturated carbocycles. The van der Waals surface area contributed by atoms with E-state index in [2.05, 4.69) is 27.6 Å². The number of hydrogen-bond donors (Lipinski definition) is 2. The van der Waals surface area contributed by atoms with E-state index < -0.39 is 0 Å². The van der Waals surface area contributed by atoms with Crippen molar-refractivity contribution in [2.24, 2.45) is 0 Å². The molecule has 0 saturated heterocycles. The molecule has 0 radical (unpaired) electrons. The van der Waals surface area contributed by atoms with Gasteiger partial charge < -0.3 is 11.2 Å². The van der Waals surface area contributed by atoms with Crippen LogP contribution in [-0.2, 0) is 17.1 Å². The Morgan fingerprint density at radius 2 is 1.75 bits per heavy atom. The molecule has 28 heavy (non-hydrogen) atoms. The largest absolute Gasteiger partial charge is 0.351 e. The van der Waals surface area contributed by atoms with Crippen molar-refractivity contribution in [3.8, 4) is 0 Å². The first kappa shape index (κ1) is 20.3. The summed E-state index contributed by atoms with van der Waals surface area (Å²) in [6, 6.07) is 18.2. The van der Waals surface area contributed by atoms with Crippen LogP contribution in [0.5, 0.6) is 0 Å². The summed E-state index contributed by atoms with van der Waals surface area (Å²) >= 11 is 2.81. The summed E-state index contributed by atoms with van der Waals surface area (Å²) in [4.78, 5) is 12.4. The maximum absolute atomic E-state index is 12.4. The number of hydrogen-bond acceptors (Lipinski definition) is 6. The molecule has 0 aliphatic rings. The zero-order valence-electron chi connectivity index (χ0n) is 15.8. The van der Waals surface area contributed by atoms with E-state index in [0.717, 1.165) is 11.3 Å². The summed E-state index contributed by atoms with van der Waals surface area (Å²) in [6.45, 7) is 4.37. The monoisotopic (exact) mass is 413 g/mol. The zero-order valence-corrected chi connectivity index (χ0v) is 17.5. The zero-order chi connectivity index (χ0) is 19.9. The predicted octanol–water partition coefficient (Wildman–Crippen LogP) is 3.39. The number of nitrogens with two attached hydrogens (primary N) is 1. The lowest BCUT2D eigenvalue weighted by atomic mass is 10.1. The Morgan fingerprint density at radius 1 is 1.07 bits per heavy atom. The van der Waals surface area contributed by atoms with Crippen LogP contribution in [0.1, 0.15) is 23.6 Å². The van der Waals surface area contributed by atoms with Gasteiger partial charge in [0.1, 0.15) is 0 Å². The van der Waals surface area contributed by atoms with Crippen LogP contribution in [0.25, 0.3) is 0 Å². The minimum Gasteiger partial charge on any atom is -0.351 e. The maximum atomic E-state index is 12.4. The van der Waals surface area contributed by atoms with E-state index in [1.165, 1.54) is 39.3 Å². The number of carbonyl (C=O) groups excluding carboxylic acids is 1. The fourth-order valence-electron chi connectivity index (χ4n) is 2.42. The molecule has 6 nitrogen and oxygen atoms in total. The Morgan fingerprint density at radius 3 is 2.46 bits per heavy atom. The van der Waals surface area contributed by atoms with Crippen molar-refractivity contribution in [2.75, 3.05) is 5.84 Å². The highest BCUT2D eigenvalue weighted by Crippen LogP contribution is 2.26. The number of aromatic nitrogens is 3. The lowest BCUT2D eigenvalue weighted by Crippen LogP contribution is -2.30. The van der Waals surface area contributed by atoms with Gasteiger partial charge in [-0.15, -0.1) is 10.2 Å². The fourth-order valence-corrected chi connectivity index (χ4v) is 4.08. The average molecular weight is 414 g/mol. The molecular formula is C20H23N5OS2.